The summed E-state index contributed by atoms with van der Waals surface area (Å²) >= 11 is 0. The molecule has 0 heterocycles. The minimum atomic E-state index is -0.587. The van der Waals surface area contributed by atoms with Crippen LogP contribution in [0.5, 0.6) is 0 Å². The van der Waals surface area contributed by atoms with Crippen molar-refractivity contribution in [1.29, 1.82) is 0 Å². The molecule has 0 bridgehead atoms. The Morgan fingerprint density at radius 3 is 2.40 bits per heavy atom. The zero-order valence-corrected chi connectivity index (χ0v) is 8.45. The molecule has 0 spiro atoms. The summed E-state index contributed by atoms with van der Waals surface area (Å²) in [6.45, 7) is 0. The summed E-state index contributed by atoms with van der Waals surface area (Å²) in [5, 5.41) is 0. The highest BCUT2D eigenvalue weighted by atomic mass is 19.1. The number of benzene rings is 1. The third kappa shape index (κ3) is 2.07. The molecule has 0 aliphatic heterocycles. The number of hydrogen-bond acceptors (Lipinski definition) is 2. The van der Waals surface area contributed by atoms with E-state index in [1.54, 1.807) is 12.1 Å². The van der Waals surface area contributed by atoms with Crippen molar-refractivity contribution < 1.29 is 9.18 Å². The second kappa shape index (κ2) is 4.11. The van der Waals surface area contributed by atoms with Crippen molar-refractivity contribution >= 4 is 5.78 Å². The molecule has 0 radical (unpaired) electrons. The van der Waals surface area contributed by atoms with Crippen LogP contribution < -0.4 is 5.73 Å². The fourth-order valence-corrected chi connectivity index (χ4v) is 1.78. The summed E-state index contributed by atoms with van der Waals surface area (Å²) in [7, 11) is 0. The Bertz CT molecular complexity index is 356. The Labute approximate surface area is 88.3 Å². The lowest BCUT2D eigenvalue weighted by atomic mass is 9.79. The Hall–Kier alpha value is -1.22. The first-order valence-corrected chi connectivity index (χ1v) is 5.23. The van der Waals surface area contributed by atoms with E-state index in [0.29, 0.717) is 5.56 Å². The van der Waals surface area contributed by atoms with Gasteiger partial charge in [-0.15, -0.1) is 0 Å². The number of carbonyl (C=O) groups is 1. The molecule has 2 rings (SSSR count). The first kappa shape index (κ1) is 10.3. The smallest absolute Gasteiger partial charge is 0.157 e. The topological polar surface area (TPSA) is 43.1 Å². The van der Waals surface area contributed by atoms with Crippen LogP contribution in [0.15, 0.2) is 24.3 Å². The van der Waals surface area contributed by atoms with E-state index in [1.807, 2.05) is 0 Å². The predicted molar refractivity (Wildman–Crippen MR) is 55.7 cm³/mol. The Kier molecular flexibility index (Phi) is 2.82. The summed E-state index contributed by atoms with van der Waals surface area (Å²) in [5.74, 6) is -0.0834. The van der Waals surface area contributed by atoms with Gasteiger partial charge in [0, 0.05) is 5.92 Å². The lowest BCUT2D eigenvalue weighted by molar-refractivity contribution is -0.126. The van der Waals surface area contributed by atoms with E-state index in [0.717, 1.165) is 19.3 Å². The average molecular weight is 207 g/mol. The lowest BCUT2D eigenvalue weighted by Crippen LogP contribution is -2.31. The van der Waals surface area contributed by atoms with Gasteiger partial charge in [0.2, 0.25) is 0 Å². The summed E-state index contributed by atoms with van der Waals surface area (Å²) in [6.07, 6.45) is 3.02. The van der Waals surface area contributed by atoms with Crippen LogP contribution in [-0.2, 0) is 4.79 Å². The minimum Gasteiger partial charge on any atom is -0.318 e. The van der Waals surface area contributed by atoms with Crippen LogP contribution in [0.25, 0.3) is 0 Å². The molecule has 1 aliphatic rings. The molecule has 15 heavy (non-hydrogen) atoms. The van der Waals surface area contributed by atoms with Crippen LogP contribution in [0.4, 0.5) is 4.39 Å². The van der Waals surface area contributed by atoms with Crippen LogP contribution in [0.2, 0.25) is 0 Å². The second-order valence-corrected chi connectivity index (χ2v) is 4.06. The highest BCUT2D eigenvalue weighted by molar-refractivity contribution is 5.87. The van der Waals surface area contributed by atoms with Crippen LogP contribution in [0.1, 0.15) is 30.9 Å². The van der Waals surface area contributed by atoms with Gasteiger partial charge in [-0.3, -0.25) is 4.79 Å². The number of halogens is 1. The molecule has 3 heteroatoms. The summed E-state index contributed by atoms with van der Waals surface area (Å²) in [6, 6.07) is 5.25. The van der Waals surface area contributed by atoms with Gasteiger partial charge in [-0.25, -0.2) is 4.39 Å². The normalized spacial score (nSPS) is 18.3. The monoisotopic (exact) mass is 207 g/mol. The van der Waals surface area contributed by atoms with Gasteiger partial charge in [0.05, 0.1) is 6.04 Å². The largest absolute Gasteiger partial charge is 0.318 e. The molecule has 2 nitrogen and oxygen atoms in total. The average Bonchev–Trinajstić information content (AvgIpc) is 2.15. The zero-order valence-electron chi connectivity index (χ0n) is 8.45. The van der Waals surface area contributed by atoms with Crippen molar-refractivity contribution in [2.75, 3.05) is 0 Å². The highest BCUT2D eigenvalue weighted by Crippen LogP contribution is 2.31. The Morgan fingerprint density at radius 1 is 1.33 bits per heavy atom. The Balaban J connectivity index is 2.09. The van der Waals surface area contributed by atoms with E-state index in [1.165, 1.54) is 12.1 Å². The molecule has 0 saturated heterocycles. The molecule has 2 N–H and O–H groups in total. The van der Waals surface area contributed by atoms with Gasteiger partial charge in [-0.05, 0) is 30.5 Å². The van der Waals surface area contributed by atoms with Crippen molar-refractivity contribution in [3.63, 3.8) is 0 Å². The quantitative estimate of drug-likeness (QED) is 0.825. The first-order chi connectivity index (χ1) is 7.18. The molecule has 80 valence electrons. The maximum atomic E-state index is 12.7. The molecule has 1 aromatic carbocycles. The molecule has 1 aromatic rings. The maximum Gasteiger partial charge on any atom is 0.157 e. The van der Waals surface area contributed by atoms with E-state index in [4.69, 9.17) is 5.73 Å². The molecular formula is C12H14FNO. The van der Waals surface area contributed by atoms with Gasteiger partial charge in [0.25, 0.3) is 0 Å². The molecule has 1 aliphatic carbocycles. The van der Waals surface area contributed by atoms with E-state index in [-0.39, 0.29) is 17.5 Å². The molecule has 1 saturated carbocycles. The zero-order chi connectivity index (χ0) is 10.8. The van der Waals surface area contributed by atoms with Gasteiger partial charge in [-0.2, -0.15) is 0 Å². The number of rotatable bonds is 3. The van der Waals surface area contributed by atoms with Gasteiger partial charge in [0.15, 0.2) is 5.78 Å². The van der Waals surface area contributed by atoms with E-state index < -0.39 is 6.04 Å². The van der Waals surface area contributed by atoms with Gasteiger partial charge < -0.3 is 5.73 Å². The van der Waals surface area contributed by atoms with Crippen LogP contribution >= 0.6 is 0 Å². The Morgan fingerprint density at radius 2 is 1.93 bits per heavy atom. The molecule has 0 aromatic heterocycles. The number of ketones is 1. The fourth-order valence-electron chi connectivity index (χ4n) is 1.78. The molecule has 1 unspecified atom stereocenters. The third-order valence-electron chi connectivity index (χ3n) is 3.04. The molecule has 1 atom stereocenters. The van der Waals surface area contributed by atoms with Crippen LogP contribution in [-0.4, -0.2) is 5.78 Å². The summed E-state index contributed by atoms with van der Waals surface area (Å²) in [4.78, 5) is 11.8. The van der Waals surface area contributed by atoms with Crippen molar-refractivity contribution in [3.05, 3.63) is 35.6 Å². The second-order valence-electron chi connectivity index (χ2n) is 4.06. The number of hydrogen-bond donors (Lipinski definition) is 1. The van der Waals surface area contributed by atoms with Crippen molar-refractivity contribution in [1.82, 2.24) is 0 Å². The number of Topliss-reactive ketones (excluding diaryl/α,β-unsaturated/α-hetero) is 1. The fraction of sp³-hybridized carbons (Fsp3) is 0.417. The van der Waals surface area contributed by atoms with Gasteiger partial charge in [0.1, 0.15) is 5.82 Å². The van der Waals surface area contributed by atoms with E-state index >= 15 is 0 Å². The SMILES string of the molecule is NC(C(=O)C1CCC1)c1ccc(F)cc1. The van der Waals surface area contributed by atoms with Crippen molar-refractivity contribution in [2.45, 2.75) is 25.3 Å². The molecule has 0 amide bonds. The van der Waals surface area contributed by atoms with Crippen molar-refractivity contribution in [2.24, 2.45) is 11.7 Å². The molecule has 1 fully saturated rings. The van der Waals surface area contributed by atoms with Crippen molar-refractivity contribution in [3.8, 4) is 0 Å². The molecular weight excluding hydrogens is 193 g/mol. The van der Waals surface area contributed by atoms with Crippen LogP contribution in [0, 0.1) is 11.7 Å². The highest BCUT2D eigenvalue weighted by Gasteiger charge is 2.29. The van der Waals surface area contributed by atoms with Crippen LogP contribution in [0.3, 0.4) is 0 Å². The maximum absolute atomic E-state index is 12.7. The third-order valence-corrected chi connectivity index (χ3v) is 3.04. The van der Waals surface area contributed by atoms with E-state index in [2.05, 4.69) is 0 Å². The van der Waals surface area contributed by atoms with E-state index in [9.17, 15) is 9.18 Å². The van der Waals surface area contributed by atoms with Gasteiger partial charge in [-0.1, -0.05) is 18.6 Å². The predicted octanol–water partition coefficient (Wildman–Crippen LogP) is 2.19. The summed E-state index contributed by atoms with van der Waals surface area (Å²) in [5.41, 5.74) is 6.53. The van der Waals surface area contributed by atoms with Gasteiger partial charge >= 0.3 is 0 Å². The summed E-state index contributed by atoms with van der Waals surface area (Å²) < 4.78 is 12.7. The lowest BCUT2D eigenvalue weighted by Gasteiger charge is -2.26. The number of nitrogens with two attached hydrogens (primary N) is 1. The number of carbonyl (C=O) groups excluding carboxylic acids is 1. The standard InChI is InChI=1S/C12H14FNO/c13-10-6-4-8(5-7-10)11(14)12(15)9-2-1-3-9/h4-7,9,11H,1-3,14H2. The first-order valence-electron chi connectivity index (χ1n) is 5.23. The minimum absolute atomic E-state index is 0.0906.